The van der Waals surface area contributed by atoms with Crippen LogP contribution >= 0.6 is 0 Å². The Labute approximate surface area is 102 Å². The van der Waals surface area contributed by atoms with Crippen molar-refractivity contribution in [2.75, 3.05) is 13.1 Å². The van der Waals surface area contributed by atoms with Crippen LogP contribution in [0.1, 0.15) is 18.4 Å². The first-order valence-corrected chi connectivity index (χ1v) is 6.51. The van der Waals surface area contributed by atoms with E-state index in [4.69, 9.17) is 0 Å². The Morgan fingerprint density at radius 1 is 1.12 bits per heavy atom. The van der Waals surface area contributed by atoms with E-state index in [0.29, 0.717) is 6.04 Å². The molecule has 1 aliphatic heterocycles. The Balaban J connectivity index is 1.59. The molecule has 2 fully saturated rings. The second kappa shape index (κ2) is 4.75. The van der Waals surface area contributed by atoms with Crippen LogP contribution in [0.25, 0.3) is 0 Å². The van der Waals surface area contributed by atoms with Gasteiger partial charge in [0.15, 0.2) is 0 Å². The minimum Gasteiger partial charge on any atom is -0.316 e. The standard InChI is InChI=1S/C14H19FN2/c15-13-5-1-10(2-6-13)7-17-14-11-3-4-12(14)9-16-8-11/h1-2,5-6,11-12,14,16-17H,3-4,7-9H2. The summed E-state index contributed by atoms with van der Waals surface area (Å²) in [5.74, 6) is 1.42. The molecule has 2 aliphatic rings. The average molecular weight is 234 g/mol. The lowest BCUT2D eigenvalue weighted by Crippen LogP contribution is -2.48. The van der Waals surface area contributed by atoms with Crippen molar-refractivity contribution in [1.29, 1.82) is 0 Å². The highest BCUT2D eigenvalue weighted by Gasteiger charge is 2.38. The molecule has 2 bridgehead atoms. The Morgan fingerprint density at radius 2 is 1.76 bits per heavy atom. The minimum atomic E-state index is -0.157. The topological polar surface area (TPSA) is 24.1 Å². The number of nitrogens with one attached hydrogen (secondary N) is 2. The molecule has 2 atom stereocenters. The van der Waals surface area contributed by atoms with Crippen molar-refractivity contribution < 1.29 is 4.39 Å². The van der Waals surface area contributed by atoms with Gasteiger partial charge >= 0.3 is 0 Å². The predicted octanol–water partition coefficient (Wildman–Crippen LogP) is 1.91. The van der Waals surface area contributed by atoms with Gasteiger partial charge in [0.25, 0.3) is 0 Å². The van der Waals surface area contributed by atoms with E-state index in [9.17, 15) is 4.39 Å². The van der Waals surface area contributed by atoms with Crippen molar-refractivity contribution in [2.24, 2.45) is 11.8 Å². The van der Waals surface area contributed by atoms with Gasteiger partial charge in [-0.1, -0.05) is 12.1 Å². The molecule has 17 heavy (non-hydrogen) atoms. The average Bonchev–Trinajstić information content (AvgIpc) is 2.58. The van der Waals surface area contributed by atoms with Crippen LogP contribution in [0.4, 0.5) is 4.39 Å². The van der Waals surface area contributed by atoms with Crippen molar-refractivity contribution in [2.45, 2.75) is 25.4 Å². The predicted molar refractivity (Wildman–Crippen MR) is 66.1 cm³/mol. The van der Waals surface area contributed by atoms with Gasteiger partial charge in [0.2, 0.25) is 0 Å². The Bertz CT molecular complexity index is 360. The molecule has 0 amide bonds. The second-order valence-electron chi connectivity index (χ2n) is 5.29. The van der Waals surface area contributed by atoms with Gasteiger partial charge in [-0.3, -0.25) is 0 Å². The minimum absolute atomic E-state index is 0.157. The maximum atomic E-state index is 12.8. The van der Waals surface area contributed by atoms with Gasteiger partial charge < -0.3 is 10.6 Å². The maximum absolute atomic E-state index is 12.8. The second-order valence-corrected chi connectivity index (χ2v) is 5.29. The number of benzene rings is 1. The Hall–Kier alpha value is -0.930. The molecule has 2 N–H and O–H groups in total. The van der Waals surface area contributed by atoms with Crippen molar-refractivity contribution in [1.82, 2.24) is 10.6 Å². The van der Waals surface area contributed by atoms with E-state index < -0.39 is 0 Å². The molecule has 92 valence electrons. The summed E-state index contributed by atoms with van der Waals surface area (Å²) in [7, 11) is 0. The zero-order valence-corrected chi connectivity index (χ0v) is 9.95. The van der Waals surface area contributed by atoms with Gasteiger partial charge in [-0.25, -0.2) is 4.39 Å². The molecule has 1 aromatic rings. The van der Waals surface area contributed by atoms with Gasteiger partial charge in [0.1, 0.15) is 5.82 Å². The maximum Gasteiger partial charge on any atom is 0.123 e. The van der Waals surface area contributed by atoms with E-state index in [1.54, 1.807) is 0 Å². The highest BCUT2D eigenvalue weighted by atomic mass is 19.1. The fourth-order valence-electron chi connectivity index (χ4n) is 3.26. The third-order valence-electron chi connectivity index (χ3n) is 4.19. The molecule has 3 heteroatoms. The molecule has 1 heterocycles. The van der Waals surface area contributed by atoms with Gasteiger partial charge in [0, 0.05) is 12.6 Å². The summed E-state index contributed by atoms with van der Waals surface area (Å²) in [6.45, 7) is 3.16. The van der Waals surface area contributed by atoms with Gasteiger partial charge in [-0.15, -0.1) is 0 Å². The third-order valence-corrected chi connectivity index (χ3v) is 4.19. The summed E-state index contributed by atoms with van der Waals surface area (Å²) < 4.78 is 12.8. The number of hydrogen-bond acceptors (Lipinski definition) is 2. The highest BCUT2D eigenvalue weighted by molar-refractivity contribution is 5.16. The number of fused-ring (bicyclic) bond motifs is 2. The first kappa shape index (κ1) is 11.2. The van der Waals surface area contributed by atoms with E-state index >= 15 is 0 Å². The van der Waals surface area contributed by atoms with Crippen LogP contribution in [0.5, 0.6) is 0 Å². The molecule has 0 aromatic heterocycles. The van der Waals surface area contributed by atoms with Crippen molar-refractivity contribution >= 4 is 0 Å². The van der Waals surface area contributed by atoms with Crippen molar-refractivity contribution in [3.8, 4) is 0 Å². The van der Waals surface area contributed by atoms with E-state index in [-0.39, 0.29) is 5.82 Å². The zero-order chi connectivity index (χ0) is 11.7. The molecule has 0 radical (unpaired) electrons. The van der Waals surface area contributed by atoms with Crippen LogP contribution in [-0.4, -0.2) is 19.1 Å². The Kier molecular flexibility index (Phi) is 3.12. The van der Waals surface area contributed by atoms with E-state index in [0.717, 1.165) is 31.5 Å². The summed E-state index contributed by atoms with van der Waals surface area (Å²) >= 11 is 0. The SMILES string of the molecule is Fc1ccc(CNC2C3CCC2CNC3)cc1. The molecule has 2 unspecified atom stereocenters. The Morgan fingerprint density at radius 3 is 2.41 bits per heavy atom. The quantitative estimate of drug-likeness (QED) is 0.835. The van der Waals surface area contributed by atoms with Crippen LogP contribution in [0, 0.1) is 17.7 Å². The first-order chi connectivity index (χ1) is 8.33. The molecule has 2 nitrogen and oxygen atoms in total. The summed E-state index contributed by atoms with van der Waals surface area (Å²) in [5.41, 5.74) is 1.17. The van der Waals surface area contributed by atoms with Crippen LogP contribution in [0.2, 0.25) is 0 Å². The summed E-state index contributed by atoms with van der Waals surface area (Å²) in [6, 6.07) is 7.46. The van der Waals surface area contributed by atoms with E-state index in [1.165, 1.54) is 30.5 Å². The number of rotatable bonds is 3. The van der Waals surface area contributed by atoms with E-state index in [2.05, 4.69) is 10.6 Å². The lowest BCUT2D eigenvalue weighted by Gasteiger charge is -2.31. The summed E-state index contributed by atoms with van der Waals surface area (Å²) in [5, 5.41) is 7.15. The van der Waals surface area contributed by atoms with Crippen molar-refractivity contribution in [3.05, 3.63) is 35.6 Å². The normalized spacial score (nSPS) is 31.7. The van der Waals surface area contributed by atoms with Crippen LogP contribution < -0.4 is 10.6 Å². The van der Waals surface area contributed by atoms with Gasteiger partial charge in [-0.05, 0) is 55.5 Å². The van der Waals surface area contributed by atoms with E-state index in [1.807, 2.05) is 12.1 Å². The first-order valence-electron chi connectivity index (χ1n) is 6.51. The van der Waals surface area contributed by atoms with Crippen LogP contribution in [0.15, 0.2) is 24.3 Å². The van der Waals surface area contributed by atoms with Crippen LogP contribution in [0.3, 0.4) is 0 Å². The lowest BCUT2D eigenvalue weighted by molar-refractivity contribution is 0.271. The lowest BCUT2D eigenvalue weighted by atomic mass is 9.93. The van der Waals surface area contributed by atoms with Gasteiger partial charge in [0.05, 0.1) is 0 Å². The van der Waals surface area contributed by atoms with Crippen LogP contribution in [-0.2, 0) is 6.54 Å². The third kappa shape index (κ3) is 2.35. The highest BCUT2D eigenvalue weighted by Crippen LogP contribution is 2.33. The van der Waals surface area contributed by atoms with Gasteiger partial charge in [-0.2, -0.15) is 0 Å². The van der Waals surface area contributed by atoms with Crippen molar-refractivity contribution in [3.63, 3.8) is 0 Å². The zero-order valence-electron chi connectivity index (χ0n) is 9.95. The number of halogens is 1. The summed E-state index contributed by atoms with van der Waals surface area (Å²) in [6.07, 6.45) is 2.69. The number of piperidine rings is 1. The molecule has 1 saturated heterocycles. The molecule has 0 spiro atoms. The molecular weight excluding hydrogens is 215 g/mol. The molecular formula is C14H19FN2. The fraction of sp³-hybridized carbons (Fsp3) is 0.571. The molecule has 3 rings (SSSR count). The molecule has 1 aliphatic carbocycles. The molecule has 1 aromatic carbocycles. The smallest absolute Gasteiger partial charge is 0.123 e. The molecule has 1 saturated carbocycles. The largest absolute Gasteiger partial charge is 0.316 e. The monoisotopic (exact) mass is 234 g/mol. The fourth-order valence-corrected chi connectivity index (χ4v) is 3.26. The summed E-state index contributed by atoms with van der Waals surface area (Å²) in [4.78, 5) is 0. The number of hydrogen-bond donors (Lipinski definition) is 2.